The summed E-state index contributed by atoms with van der Waals surface area (Å²) < 4.78 is 2.45. The highest BCUT2D eigenvalue weighted by molar-refractivity contribution is 6.19. The maximum Gasteiger partial charge on any atom is 0.0540 e. The van der Waals surface area contributed by atoms with Gasteiger partial charge in [0.15, 0.2) is 0 Å². The van der Waals surface area contributed by atoms with E-state index < -0.39 is 0 Å². The lowest BCUT2D eigenvalue weighted by molar-refractivity contribution is 1.17. The molecule has 7 rings (SSSR count). The molecule has 1 nitrogen and oxygen atoms in total. The van der Waals surface area contributed by atoms with Crippen LogP contribution < -0.4 is 0 Å². The minimum absolute atomic E-state index is 1.16. The molecule has 7 aromatic rings. The molecule has 37 heavy (non-hydrogen) atoms. The fraction of sp³-hybridized carbons (Fsp3) is 0. The lowest BCUT2D eigenvalue weighted by Gasteiger charge is -2.17. The highest BCUT2D eigenvalue weighted by Crippen LogP contribution is 2.36. The monoisotopic (exact) mass is 471 g/mol. The van der Waals surface area contributed by atoms with Crippen LogP contribution in [0.1, 0.15) is 0 Å². The molecule has 1 heterocycles. The van der Waals surface area contributed by atoms with Gasteiger partial charge in [-0.05, 0) is 45.3 Å². The lowest BCUT2D eigenvalue weighted by Crippen LogP contribution is -2.00. The molecule has 1 heteroatoms. The van der Waals surface area contributed by atoms with Crippen molar-refractivity contribution in [1.29, 1.82) is 0 Å². The zero-order valence-corrected chi connectivity index (χ0v) is 20.4. The van der Waals surface area contributed by atoms with Crippen molar-refractivity contribution in [3.8, 4) is 16.8 Å². The van der Waals surface area contributed by atoms with Gasteiger partial charge in [-0.2, -0.15) is 0 Å². The summed E-state index contributed by atoms with van der Waals surface area (Å²) in [6.45, 7) is 0. The van der Waals surface area contributed by atoms with Crippen molar-refractivity contribution < 1.29 is 0 Å². The van der Waals surface area contributed by atoms with Crippen LogP contribution in [0.2, 0.25) is 0 Å². The summed E-state index contributed by atoms with van der Waals surface area (Å²) in [6, 6.07) is 54.6. The standard InChI is InChI=1S/C36H25N/c1-2-14-26(15-3-1)27-16-8-11-23-34(27)37-35-24-12-9-21-32(35)30-19-6-4-17-28(30)29-18-5-7-20-31(29)33-22-10-13-25-36(33)37/h1-25H. The molecule has 0 saturated carbocycles. The van der Waals surface area contributed by atoms with E-state index in [0.29, 0.717) is 0 Å². The van der Waals surface area contributed by atoms with Crippen molar-refractivity contribution in [2.75, 3.05) is 0 Å². The maximum atomic E-state index is 2.45. The van der Waals surface area contributed by atoms with Crippen LogP contribution in [-0.4, -0.2) is 4.57 Å². The number of fused-ring (bicyclic) bond motifs is 7. The Morgan fingerprint density at radius 3 is 1.22 bits per heavy atom. The predicted octanol–water partition coefficient (Wildman–Crippen LogP) is 9.88. The number of para-hydroxylation sites is 3. The third-order valence-electron chi connectivity index (χ3n) is 7.24. The Morgan fingerprint density at radius 2 is 0.676 bits per heavy atom. The molecule has 0 aliphatic heterocycles. The Bertz CT molecular complexity index is 1870. The number of hydrogen-bond donors (Lipinski definition) is 0. The molecule has 0 atom stereocenters. The number of rotatable bonds is 2. The molecular weight excluding hydrogens is 446 g/mol. The first kappa shape index (κ1) is 21.4. The van der Waals surface area contributed by atoms with Crippen molar-refractivity contribution >= 4 is 43.4 Å². The Hall–Kier alpha value is -4.88. The van der Waals surface area contributed by atoms with E-state index in [1.807, 2.05) is 0 Å². The maximum absolute atomic E-state index is 2.45. The Balaban J connectivity index is 1.84. The lowest BCUT2D eigenvalue weighted by atomic mass is 10.0. The molecule has 0 amide bonds. The van der Waals surface area contributed by atoms with Gasteiger partial charge in [0.05, 0.1) is 16.7 Å². The van der Waals surface area contributed by atoms with E-state index >= 15 is 0 Å². The number of hydrogen-bond acceptors (Lipinski definition) is 0. The van der Waals surface area contributed by atoms with Gasteiger partial charge in [-0.1, -0.05) is 133 Å². The van der Waals surface area contributed by atoms with Crippen molar-refractivity contribution in [3.63, 3.8) is 0 Å². The minimum atomic E-state index is 1.16. The van der Waals surface area contributed by atoms with Gasteiger partial charge in [-0.15, -0.1) is 0 Å². The summed E-state index contributed by atoms with van der Waals surface area (Å²) in [5, 5.41) is 7.40. The molecule has 0 bridgehead atoms. The largest absolute Gasteiger partial charge is 0.309 e. The second-order valence-electron chi connectivity index (χ2n) is 9.34. The van der Waals surface area contributed by atoms with Crippen molar-refractivity contribution in [2.45, 2.75) is 0 Å². The fourth-order valence-electron chi connectivity index (χ4n) is 5.62. The van der Waals surface area contributed by atoms with E-state index in [-0.39, 0.29) is 0 Å². The molecule has 0 spiro atoms. The van der Waals surface area contributed by atoms with Gasteiger partial charge >= 0.3 is 0 Å². The number of nitrogens with zero attached hydrogens (tertiary/aromatic N) is 1. The van der Waals surface area contributed by atoms with Crippen LogP contribution in [-0.2, 0) is 0 Å². The molecule has 0 unspecified atom stereocenters. The number of aromatic nitrogens is 1. The zero-order valence-electron chi connectivity index (χ0n) is 20.4. The molecule has 0 fully saturated rings. The van der Waals surface area contributed by atoms with E-state index in [1.165, 1.54) is 54.5 Å². The van der Waals surface area contributed by atoms with Gasteiger partial charge in [0.25, 0.3) is 0 Å². The van der Waals surface area contributed by atoms with Crippen LogP contribution in [0, 0.1) is 0 Å². The van der Waals surface area contributed by atoms with Gasteiger partial charge in [0, 0.05) is 16.3 Å². The third-order valence-corrected chi connectivity index (χ3v) is 7.24. The van der Waals surface area contributed by atoms with Gasteiger partial charge < -0.3 is 4.57 Å². The summed E-state index contributed by atoms with van der Waals surface area (Å²) in [5.74, 6) is 0. The first-order chi connectivity index (χ1) is 18.4. The van der Waals surface area contributed by atoms with E-state index in [4.69, 9.17) is 0 Å². The first-order valence-electron chi connectivity index (χ1n) is 12.7. The van der Waals surface area contributed by atoms with E-state index in [2.05, 4.69) is 156 Å². The van der Waals surface area contributed by atoms with Gasteiger partial charge in [-0.3, -0.25) is 0 Å². The molecule has 0 aliphatic rings. The van der Waals surface area contributed by atoms with E-state index in [0.717, 1.165) is 5.69 Å². The highest BCUT2D eigenvalue weighted by atomic mass is 15.0. The summed E-state index contributed by atoms with van der Waals surface area (Å²) >= 11 is 0. The summed E-state index contributed by atoms with van der Waals surface area (Å²) in [4.78, 5) is 0. The second kappa shape index (κ2) is 8.96. The van der Waals surface area contributed by atoms with Crippen molar-refractivity contribution in [2.24, 2.45) is 0 Å². The van der Waals surface area contributed by atoms with Gasteiger partial charge in [-0.25, -0.2) is 0 Å². The summed E-state index contributed by atoms with van der Waals surface area (Å²) in [6.07, 6.45) is 0. The third kappa shape index (κ3) is 3.56. The van der Waals surface area contributed by atoms with E-state index in [9.17, 15) is 0 Å². The van der Waals surface area contributed by atoms with Crippen LogP contribution >= 0.6 is 0 Å². The summed E-state index contributed by atoms with van der Waals surface area (Å²) in [7, 11) is 0. The summed E-state index contributed by atoms with van der Waals surface area (Å²) in [5.41, 5.74) is 5.89. The Morgan fingerprint density at radius 1 is 0.297 bits per heavy atom. The molecule has 0 aliphatic carbocycles. The molecule has 0 saturated heterocycles. The smallest absolute Gasteiger partial charge is 0.0540 e. The second-order valence-corrected chi connectivity index (χ2v) is 9.34. The van der Waals surface area contributed by atoms with Crippen LogP contribution in [0.15, 0.2) is 152 Å². The van der Waals surface area contributed by atoms with E-state index in [1.54, 1.807) is 0 Å². The van der Waals surface area contributed by atoms with Crippen molar-refractivity contribution in [3.05, 3.63) is 152 Å². The molecule has 1 aromatic heterocycles. The SMILES string of the molecule is c1ccc(-c2ccccc2-n2c3ccccc3c3ccccc3c3ccccc3c3ccccc32)cc1. The topological polar surface area (TPSA) is 4.93 Å². The van der Waals surface area contributed by atoms with Crippen molar-refractivity contribution in [1.82, 2.24) is 4.57 Å². The molecule has 174 valence electrons. The zero-order chi connectivity index (χ0) is 24.6. The predicted molar refractivity (Wildman–Crippen MR) is 159 cm³/mol. The van der Waals surface area contributed by atoms with Crippen LogP contribution in [0.4, 0.5) is 0 Å². The van der Waals surface area contributed by atoms with Gasteiger partial charge in [0.2, 0.25) is 0 Å². The van der Waals surface area contributed by atoms with Crippen LogP contribution in [0.5, 0.6) is 0 Å². The highest BCUT2D eigenvalue weighted by Gasteiger charge is 2.13. The molecule has 6 aromatic carbocycles. The average Bonchev–Trinajstić information content (AvgIpc) is 3.02. The minimum Gasteiger partial charge on any atom is -0.309 e. The van der Waals surface area contributed by atoms with Gasteiger partial charge in [0.1, 0.15) is 0 Å². The normalized spacial score (nSPS) is 11.2. The molecule has 0 N–H and O–H groups in total. The Kier molecular flexibility index (Phi) is 5.19. The number of benzene rings is 6. The van der Waals surface area contributed by atoms with Crippen LogP contribution in [0.3, 0.4) is 0 Å². The van der Waals surface area contributed by atoms with Crippen LogP contribution in [0.25, 0.3) is 60.2 Å². The average molecular weight is 472 g/mol. The molecular formula is C36H25N. The Labute approximate surface area is 216 Å². The fourth-order valence-corrected chi connectivity index (χ4v) is 5.62. The first-order valence-corrected chi connectivity index (χ1v) is 12.7. The molecule has 0 radical (unpaired) electrons. The quantitative estimate of drug-likeness (QED) is 0.236.